The summed E-state index contributed by atoms with van der Waals surface area (Å²) in [4.78, 5) is 45.5. The van der Waals surface area contributed by atoms with Crippen LogP contribution in [0.1, 0.15) is 33.0 Å². The predicted molar refractivity (Wildman–Crippen MR) is 130 cm³/mol. The molecular weight excluding hydrogens is 456 g/mol. The molecule has 2 atom stereocenters. The Balaban J connectivity index is 1.75. The minimum Gasteiger partial charge on any atom is -0.478 e. The van der Waals surface area contributed by atoms with E-state index in [1.807, 2.05) is 17.5 Å². The number of nitrogens with one attached hydrogen (secondary N) is 2. The maximum Gasteiger partial charge on any atom is 0.338 e. The molecule has 0 spiro atoms. The van der Waals surface area contributed by atoms with Crippen LogP contribution in [0.15, 0.2) is 54.0 Å². The van der Waals surface area contributed by atoms with E-state index in [2.05, 4.69) is 15.6 Å². The van der Waals surface area contributed by atoms with Gasteiger partial charge in [0.2, 0.25) is 11.8 Å². The quantitative estimate of drug-likeness (QED) is 0.385. The number of hydrogen-bond acceptors (Lipinski definition) is 8. The number of benzene rings is 1. The number of nitrogens with zero attached hydrogens (tertiary/aromatic N) is 3. The fraction of sp³-hybridized carbons (Fsp3) is 0.217. The molecule has 1 aliphatic heterocycles. The van der Waals surface area contributed by atoms with Crippen LogP contribution in [-0.4, -0.2) is 53.4 Å². The van der Waals surface area contributed by atoms with Gasteiger partial charge >= 0.3 is 5.97 Å². The monoisotopic (exact) mass is 480 g/mol. The number of aromatic carboxylic acids is 1. The Hall–Kier alpha value is -3.96. The van der Waals surface area contributed by atoms with Gasteiger partial charge in [-0.3, -0.25) is 9.59 Å². The molecule has 34 heavy (non-hydrogen) atoms. The lowest BCUT2D eigenvalue weighted by Gasteiger charge is -2.33. The van der Waals surface area contributed by atoms with Crippen molar-refractivity contribution >= 4 is 46.3 Å². The zero-order chi connectivity index (χ0) is 24.4. The van der Waals surface area contributed by atoms with E-state index in [1.54, 1.807) is 48.2 Å². The van der Waals surface area contributed by atoms with Gasteiger partial charge in [0.25, 0.3) is 0 Å². The molecule has 2 unspecified atom stereocenters. The largest absolute Gasteiger partial charge is 0.478 e. The standard InChI is InChI=1S/C23H24N6O4S/c1-28(2)12-17(30)26-14-7-5-13(6-8-14)18(20(24)31)29-19-15(23(32)33)9-10-25-21(19)27-22(29)16-4-3-11-34-16/h3-11,18,22H,12H2,1-2H3,(H2,24,31)(H,25,27)(H,26,30)(H,32,33). The molecule has 0 saturated heterocycles. The first-order valence-corrected chi connectivity index (χ1v) is 11.3. The average Bonchev–Trinajstić information content (AvgIpc) is 3.42. The number of carbonyl (C=O) groups is 3. The molecule has 4 rings (SSSR count). The Morgan fingerprint density at radius 2 is 1.97 bits per heavy atom. The van der Waals surface area contributed by atoms with Crippen molar-refractivity contribution in [3.05, 3.63) is 70.0 Å². The second-order valence-corrected chi connectivity index (χ2v) is 9.02. The highest BCUT2D eigenvalue weighted by Crippen LogP contribution is 2.47. The number of primary amides is 1. The van der Waals surface area contributed by atoms with Crippen LogP contribution in [0.3, 0.4) is 0 Å². The van der Waals surface area contributed by atoms with E-state index in [4.69, 9.17) is 5.73 Å². The lowest BCUT2D eigenvalue weighted by atomic mass is 10.0. The molecular formula is C23H24N6O4S. The number of pyridine rings is 1. The van der Waals surface area contributed by atoms with Crippen molar-refractivity contribution in [1.82, 2.24) is 9.88 Å². The Bertz CT molecular complexity index is 1210. The van der Waals surface area contributed by atoms with E-state index >= 15 is 0 Å². The van der Waals surface area contributed by atoms with Crippen LogP contribution in [0.2, 0.25) is 0 Å². The number of nitrogens with two attached hydrogens (primary N) is 1. The summed E-state index contributed by atoms with van der Waals surface area (Å²) in [5.41, 5.74) is 7.30. The second-order valence-electron chi connectivity index (χ2n) is 8.04. The molecule has 0 saturated carbocycles. The highest BCUT2D eigenvalue weighted by molar-refractivity contribution is 7.10. The summed E-state index contributed by atoms with van der Waals surface area (Å²) < 4.78 is 0. The summed E-state index contributed by atoms with van der Waals surface area (Å²) in [5.74, 6) is -1.60. The number of likely N-dealkylation sites (N-methyl/N-ethyl adjacent to an activating group) is 1. The third kappa shape index (κ3) is 4.56. The number of carboxylic acids is 1. The van der Waals surface area contributed by atoms with Gasteiger partial charge in [-0.1, -0.05) is 18.2 Å². The molecule has 0 fully saturated rings. The zero-order valence-electron chi connectivity index (χ0n) is 18.6. The van der Waals surface area contributed by atoms with Gasteiger partial charge in [-0.15, -0.1) is 11.3 Å². The van der Waals surface area contributed by atoms with Crippen LogP contribution in [0.4, 0.5) is 17.2 Å². The van der Waals surface area contributed by atoms with Crippen molar-refractivity contribution in [2.45, 2.75) is 12.2 Å². The summed E-state index contributed by atoms with van der Waals surface area (Å²) in [6, 6.07) is 10.9. The summed E-state index contributed by atoms with van der Waals surface area (Å²) in [6.45, 7) is 0.232. The lowest BCUT2D eigenvalue weighted by Crippen LogP contribution is -2.40. The molecule has 0 bridgehead atoms. The molecule has 176 valence electrons. The summed E-state index contributed by atoms with van der Waals surface area (Å²) in [6.07, 6.45) is 0.870. The van der Waals surface area contributed by atoms with Gasteiger partial charge < -0.3 is 31.3 Å². The summed E-state index contributed by atoms with van der Waals surface area (Å²) >= 11 is 1.46. The number of rotatable bonds is 8. The van der Waals surface area contributed by atoms with Crippen LogP contribution >= 0.6 is 11.3 Å². The van der Waals surface area contributed by atoms with Crippen molar-refractivity contribution in [1.29, 1.82) is 0 Å². The first-order valence-electron chi connectivity index (χ1n) is 10.4. The third-order valence-corrected chi connectivity index (χ3v) is 6.22. The number of amides is 2. The fourth-order valence-corrected chi connectivity index (χ4v) is 4.73. The highest BCUT2D eigenvalue weighted by Gasteiger charge is 2.42. The minimum absolute atomic E-state index is 0.00961. The number of anilines is 3. The Morgan fingerprint density at radius 1 is 1.24 bits per heavy atom. The Labute approximate surface area is 200 Å². The normalized spacial score (nSPS) is 15.5. The van der Waals surface area contributed by atoms with E-state index in [-0.39, 0.29) is 18.0 Å². The highest BCUT2D eigenvalue weighted by atomic mass is 32.1. The number of aromatic nitrogens is 1. The molecule has 1 aromatic carbocycles. The topological polar surface area (TPSA) is 141 Å². The first-order chi connectivity index (χ1) is 16.3. The van der Waals surface area contributed by atoms with Crippen LogP contribution in [0.5, 0.6) is 0 Å². The predicted octanol–water partition coefficient (Wildman–Crippen LogP) is 2.50. The summed E-state index contributed by atoms with van der Waals surface area (Å²) in [7, 11) is 3.60. The molecule has 1 aliphatic rings. The van der Waals surface area contributed by atoms with E-state index in [1.165, 1.54) is 23.6 Å². The van der Waals surface area contributed by atoms with E-state index in [0.717, 1.165) is 4.88 Å². The van der Waals surface area contributed by atoms with Gasteiger partial charge in [-0.25, -0.2) is 9.78 Å². The number of carboxylic acid groups (broad SMARTS) is 1. The number of thiophene rings is 1. The van der Waals surface area contributed by atoms with Crippen molar-refractivity contribution < 1.29 is 19.5 Å². The molecule has 3 heterocycles. The van der Waals surface area contributed by atoms with Gasteiger partial charge in [-0.05, 0) is 49.3 Å². The van der Waals surface area contributed by atoms with Crippen molar-refractivity contribution in [2.75, 3.05) is 36.2 Å². The molecule has 2 aromatic heterocycles. The van der Waals surface area contributed by atoms with Gasteiger partial charge in [0.1, 0.15) is 12.2 Å². The maximum absolute atomic E-state index is 12.8. The second kappa shape index (κ2) is 9.49. The fourth-order valence-electron chi connectivity index (χ4n) is 3.95. The SMILES string of the molecule is CN(C)CC(=O)Nc1ccc(C(C(N)=O)N2c3c(C(=O)O)ccnc3NC2c2cccs2)cc1. The zero-order valence-corrected chi connectivity index (χ0v) is 19.4. The Morgan fingerprint density at radius 3 is 2.56 bits per heavy atom. The maximum atomic E-state index is 12.8. The first kappa shape index (κ1) is 23.2. The van der Waals surface area contributed by atoms with Gasteiger partial charge in [0, 0.05) is 16.8 Å². The molecule has 5 N–H and O–H groups in total. The van der Waals surface area contributed by atoms with Crippen LogP contribution < -0.4 is 21.3 Å². The lowest BCUT2D eigenvalue weighted by molar-refractivity contribution is -0.119. The molecule has 0 radical (unpaired) electrons. The molecule has 2 amide bonds. The smallest absolute Gasteiger partial charge is 0.338 e. The Kier molecular flexibility index (Phi) is 6.48. The van der Waals surface area contributed by atoms with E-state index in [9.17, 15) is 19.5 Å². The van der Waals surface area contributed by atoms with Crippen LogP contribution in [-0.2, 0) is 9.59 Å². The van der Waals surface area contributed by atoms with Gasteiger partial charge in [-0.2, -0.15) is 0 Å². The van der Waals surface area contributed by atoms with E-state index < -0.39 is 24.1 Å². The van der Waals surface area contributed by atoms with Gasteiger partial charge in [0.05, 0.1) is 17.8 Å². The van der Waals surface area contributed by atoms with Crippen molar-refractivity contribution in [2.24, 2.45) is 5.73 Å². The molecule has 0 aliphatic carbocycles. The minimum atomic E-state index is -1.14. The number of carbonyl (C=O) groups excluding carboxylic acids is 2. The summed E-state index contributed by atoms with van der Waals surface area (Å²) in [5, 5.41) is 17.8. The van der Waals surface area contributed by atoms with Crippen molar-refractivity contribution in [3.8, 4) is 0 Å². The number of fused-ring (bicyclic) bond motifs is 1. The van der Waals surface area contributed by atoms with Crippen LogP contribution in [0.25, 0.3) is 0 Å². The van der Waals surface area contributed by atoms with E-state index in [0.29, 0.717) is 22.8 Å². The van der Waals surface area contributed by atoms with Gasteiger partial charge in [0.15, 0.2) is 5.82 Å². The third-order valence-electron chi connectivity index (χ3n) is 5.29. The average molecular weight is 481 g/mol. The molecule has 10 nitrogen and oxygen atoms in total. The molecule has 11 heteroatoms. The number of hydrogen-bond donors (Lipinski definition) is 4. The van der Waals surface area contributed by atoms with Crippen LogP contribution in [0, 0.1) is 0 Å². The van der Waals surface area contributed by atoms with Crippen molar-refractivity contribution in [3.63, 3.8) is 0 Å². The molecule has 3 aromatic rings.